The third-order valence-corrected chi connectivity index (χ3v) is 6.33. The number of hydrogen-bond acceptors (Lipinski definition) is 6. The van der Waals surface area contributed by atoms with Crippen molar-refractivity contribution in [1.82, 2.24) is 0 Å². The van der Waals surface area contributed by atoms with Crippen LogP contribution in [-0.4, -0.2) is 23.3 Å². The Bertz CT molecular complexity index is 1250. The smallest absolute Gasteiger partial charge is 0.339 e. The van der Waals surface area contributed by atoms with Gasteiger partial charge in [0, 0.05) is 0 Å². The Morgan fingerprint density at radius 2 is 1.82 bits per heavy atom. The second kappa shape index (κ2) is 10.0. The van der Waals surface area contributed by atoms with Crippen LogP contribution in [0.1, 0.15) is 27.0 Å². The fourth-order valence-electron chi connectivity index (χ4n) is 3.32. The molecule has 5 nitrogen and oxygen atoms in total. The molecule has 166 valence electrons. The minimum Gasteiger partial charge on any atom is -0.489 e. The minimum atomic E-state index is -0.526. The molecule has 4 rings (SSSR count). The van der Waals surface area contributed by atoms with E-state index >= 15 is 0 Å². The second-order valence-electron chi connectivity index (χ2n) is 7.37. The number of benzene rings is 3. The van der Waals surface area contributed by atoms with Crippen LogP contribution in [0.15, 0.2) is 77.7 Å². The number of carbonyl (C=O) groups excluding carboxylic acids is 2. The standard InChI is InChI=1S/C26H21NO4S2/c1-17-10-12-18(13-11-17)16-31-20-7-5-6-19(14-20)15-23-24(28)27(26(32)33-23)22-9-4-3-8-21(22)25(29)30-2/h3-15H,16H2,1-2H3/b23-15-. The SMILES string of the molecule is COC(=O)c1ccccc1N1C(=O)/C(=C/c2cccc(OCc3ccc(C)cc3)c2)SC1=S. The highest BCUT2D eigenvalue weighted by Gasteiger charge is 2.35. The summed E-state index contributed by atoms with van der Waals surface area (Å²) in [4.78, 5) is 27.2. The first-order valence-corrected chi connectivity index (χ1v) is 11.4. The Morgan fingerprint density at radius 3 is 2.58 bits per heavy atom. The van der Waals surface area contributed by atoms with E-state index in [2.05, 4.69) is 12.1 Å². The van der Waals surface area contributed by atoms with Crippen molar-refractivity contribution in [1.29, 1.82) is 0 Å². The van der Waals surface area contributed by atoms with Crippen LogP contribution in [0, 0.1) is 6.92 Å². The molecule has 0 radical (unpaired) electrons. The van der Waals surface area contributed by atoms with E-state index < -0.39 is 5.97 Å². The van der Waals surface area contributed by atoms with Crippen molar-refractivity contribution in [2.75, 3.05) is 12.0 Å². The Labute approximate surface area is 202 Å². The van der Waals surface area contributed by atoms with E-state index in [1.807, 2.05) is 43.3 Å². The largest absolute Gasteiger partial charge is 0.489 e. The van der Waals surface area contributed by atoms with Gasteiger partial charge in [-0.3, -0.25) is 9.69 Å². The zero-order valence-corrected chi connectivity index (χ0v) is 19.7. The van der Waals surface area contributed by atoms with E-state index in [4.69, 9.17) is 21.7 Å². The predicted molar refractivity (Wildman–Crippen MR) is 135 cm³/mol. The lowest BCUT2D eigenvalue weighted by molar-refractivity contribution is -0.113. The van der Waals surface area contributed by atoms with Gasteiger partial charge in [-0.15, -0.1) is 0 Å². The molecule has 1 amide bonds. The van der Waals surface area contributed by atoms with E-state index in [1.165, 1.54) is 29.3 Å². The van der Waals surface area contributed by atoms with Gasteiger partial charge in [0.25, 0.3) is 5.91 Å². The highest BCUT2D eigenvalue weighted by Crippen LogP contribution is 2.37. The molecule has 7 heteroatoms. The summed E-state index contributed by atoms with van der Waals surface area (Å²) in [5.74, 6) is -0.106. The highest BCUT2D eigenvalue weighted by atomic mass is 32.2. The quantitative estimate of drug-likeness (QED) is 0.256. The van der Waals surface area contributed by atoms with Crippen molar-refractivity contribution in [3.05, 3.63) is 100.0 Å². The molecule has 1 aliphatic heterocycles. The Balaban J connectivity index is 1.54. The lowest BCUT2D eigenvalue weighted by Crippen LogP contribution is -2.29. The summed E-state index contributed by atoms with van der Waals surface area (Å²) in [7, 11) is 1.30. The summed E-state index contributed by atoms with van der Waals surface area (Å²) >= 11 is 6.65. The molecule has 3 aromatic rings. The van der Waals surface area contributed by atoms with E-state index in [1.54, 1.807) is 30.3 Å². The van der Waals surface area contributed by atoms with Crippen molar-refractivity contribution in [2.24, 2.45) is 0 Å². The van der Waals surface area contributed by atoms with Gasteiger partial charge in [0.05, 0.1) is 23.3 Å². The zero-order chi connectivity index (χ0) is 23.4. The average molecular weight is 476 g/mol. The molecule has 0 unspecified atom stereocenters. The predicted octanol–water partition coefficient (Wildman–Crippen LogP) is 5.77. The maximum absolute atomic E-state index is 13.2. The van der Waals surface area contributed by atoms with Crippen LogP contribution in [0.3, 0.4) is 0 Å². The number of thiocarbonyl (C=S) groups is 1. The molecular formula is C26H21NO4S2. The summed E-state index contributed by atoms with van der Waals surface area (Å²) < 4.78 is 11.1. The maximum Gasteiger partial charge on any atom is 0.339 e. The van der Waals surface area contributed by atoms with E-state index in [0.29, 0.717) is 27.3 Å². The van der Waals surface area contributed by atoms with Crippen LogP contribution in [0.25, 0.3) is 6.08 Å². The van der Waals surface area contributed by atoms with Gasteiger partial charge in [-0.05, 0) is 48.4 Å². The van der Waals surface area contributed by atoms with Crippen molar-refractivity contribution < 1.29 is 19.1 Å². The van der Waals surface area contributed by atoms with E-state index in [9.17, 15) is 9.59 Å². The molecule has 0 bridgehead atoms. The fourth-order valence-corrected chi connectivity index (χ4v) is 4.61. The number of hydrogen-bond donors (Lipinski definition) is 0. The number of esters is 1. The molecule has 1 aliphatic rings. The highest BCUT2D eigenvalue weighted by molar-refractivity contribution is 8.27. The normalized spacial score (nSPS) is 14.6. The summed E-state index contributed by atoms with van der Waals surface area (Å²) in [5, 5.41) is 0. The molecule has 0 atom stereocenters. The van der Waals surface area contributed by atoms with Gasteiger partial charge in [-0.2, -0.15) is 0 Å². The molecule has 0 aliphatic carbocycles. The van der Waals surface area contributed by atoms with Crippen molar-refractivity contribution in [3.63, 3.8) is 0 Å². The third-order valence-electron chi connectivity index (χ3n) is 5.03. The molecule has 1 fully saturated rings. The number of carbonyl (C=O) groups is 2. The van der Waals surface area contributed by atoms with Gasteiger partial charge in [-0.25, -0.2) is 4.79 Å². The van der Waals surface area contributed by atoms with Crippen molar-refractivity contribution in [2.45, 2.75) is 13.5 Å². The van der Waals surface area contributed by atoms with Crippen LogP contribution in [0.2, 0.25) is 0 Å². The lowest BCUT2D eigenvalue weighted by Gasteiger charge is -2.17. The topological polar surface area (TPSA) is 55.8 Å². The summed E-state index contributed by atoms with van der Waals surface area (Å²) in [6, 6.07) is 22.5. The van der Waals surface area contributed by atoms with Crippen LogP contribution in [0.4, 0.5) is 5.69 Å². The van der Waals surface area contributed by atoms with Gasteiger partial charge < -0.3 is 9.47 Å². The molecule has 1 heterocycles. The number of para-hydroxylation sites is 1. The Hall–Kier alpha value is -3.42. The maximum atomic E-state index is 13.2. The first kappa shape index (κ1) is 22.8. The van der Waals surface area contributed by atoms with E-state index in [-0.39, 0.29) is 11.5 Å². The van der Waals surface area contributed by atoms with Crippen molar-refractivity contribution in [3.8, 4) is 5.75 Å². The number of amides is 1. The summed E-state index contributed by atoms with van der Waals surface area (Å²) in [5.41, 5.74) is 3.79. The molecule has 3 aromatic carbocycles. The molecule has 33 heavy (non-hydrogen) atoms. The zero-order valence-electron chi connectivity index (χ0n) is 18.1. The second-order valence-corrected chi connectivity index (χ2v) is 9.05. The number of anilines is 1. The van der Waals surface area contributed by atoms with Gasteiger partial charge in [0.1, 0.15) is 12.4 Å². The molecule has 0 saturated carbocycles. The molecule has 1 saturated heterocycles. The number of rotatable bonds is 6. The number of nitrogens with zero attached hydrogens (tertiary/aromatic N) is 1. The number of ether oxygens (including phenoxy) is 2. The monoisotopic (exact) mass is 475 g/mol. The lowest BCUT2D eigenvalue weighted by atomic mass is 10.1. The van der Waals surface area contributed by atoms with Gasteiger partial charge >= 0.3 is 5.97 Å². The first-order valence-electron chi connectivity index (χ1n) is 10.2. The summed E-state index contributed by atoms with van der Waals surface area (Å²) in [6.07, 6.45) is 1.78. The van der Waals surface area contributed by atoms with Crippen LogP contribution >= 0.6 is 24.0 Å². The van der Waals surface area contributed by atoms with Crippen LogP contribution < -0.4 is 9.64 Å². The van der Waals surface area contributed by atoms with Crippen LogP contribution in [0.5, 0.6) is 5.75 Å². The van der Waals surface area contributed by atoms with Crippen molar-refractivity contribution >= 4 is 51.9 Å². The average Bonchev–Trinajstić information content (AvgIpc) is 3.10. The Morgan fingerprint density at radius 1 is 1.06 bits per heavy atom. The number of aryl methyl sites for hydroxylation is 1. The summed E-state index contributed by atoms with van der Waals surface area (Å²) in [6.45, 7) is 2.50. The van der Waals surface area contributed by atoms with Gasteiger partial charge in [-0.1, -0.05) is 78.1 Å². The molecule has 0 spiro atoms. The molecule has 0 N–H and O–H groups in total. The Kier molecular flexibility index (Phi) is 6.91. The van der Waals surface area contributed by atoms with Gasteiger partial charge in [0.15, 0.2) is 4.32 Å². The van der Waals surface area contributed by atoms with Gasteiger partial charge in [0.2, 0.25) is 0 Å². The number of methoxy groups -OCH3 is 1. The minimum absolute atomic E-state index is 0.282. The fraction of sp³-hybridized carbons (Fsp3) is 0.115. The first-order chi connectivity index (χ1) is 16.0. The van der Waals surface area contributed by atoms with Crippen LogP contribution in [-0.2, 0) is 16.1 Å². The molecule has 0 aromatic heterocycles. The molecular weight excluding hydrogens is 454 g/mol. The third kappa shape index (κ3) is 5.16. The number of thioether (sulfide) groups is 1. The van der Waals surface area contributed by atoms with E-state index in [0.717, 1.165) is 11.1 Å².